The molecule has 0 amide bonds. The number of aliphatic hydroxyl groups excluding tert-OH is 1. The molecule has 0 aromatic carbocycles. The number of carbonyl (C=O) groups excluding carboxylic acids is 4. The summed E-state index contributed by atoms with van der Waals surface area (Å²) in [4.78, 5) is 72.6. The first-order valence-electron chi connectivity index (χ1n) is 36.7. The maximum atomic E-state index is 13.0. The van der Waals surface area contributed by atoms with Crippen LogP contribution in [0.15, 0.2) is 158 Å². The minimum Gasteiger partial charge on any atom is -0.462 e. The van der Waals surface area contributed by atoms with E-state index in [-0.39, 0.29) is 25.7 Å². The van der Waals surface area contributed by atoms with E-state index in [0.29, 0.717) is 32.1 Å². The number of ether oxygens (including phenoxy) is 4. The van der Waals surface area contributed by atoms with Crippen molar-refractivity contribution in [1.82, 2.24) is 0 Å². The molecule has 17 nitrogen and oxygen atoms in total. The topological polar surface area (TPSA) is 237 Å². The molecule has 0 aromatic heterocycles. The van der Waals surface area contributed by atoms with Crippen molar-refractivity contribution in [2.45, 2.75) is 277 Å². The van der Waals surface area contributed by atoms with Gasteiger partial charge in [-0.3, -0.25) is 37.3 Å². The lowest BCUT2D eigenvalue weighted by molar-refractivity contribution is -0.161. The highest BCUT2D eigenvalue weighted by molar-refractivity contribution is 7.47. The second-order valence-electron chi connectivity index (χ2n) is 23.8. The largest absolute Gasteiger partial charge is 0.472 e. The summed E-state index contributed by atoms with van der Waals surface area (Å²) in [6.45, 7) is 4.32. The van der Waals surface area contributed by atoms with Gasteiger partial charge in [0.1, 0.15) is 19.3 Å². The van der Waals surface area contributed by atoms with Gasteiger partial charge in [0.15, 0.2) is 12.2 Å². The highest BCUT2D eigenvalue weighted by atomic mass is 31.2. The Kier molecular flexibility index (Phi) is 66.3. The number of esters is 4. The molecule has 19 heteroatoms. The predicted octanol–water partition coefficient (Wildman–Crippen LogP) is 20.9. The summed E-state index contributed by atoms with van der Waals surface area (Å²) in [5.41, 5.74) is 0. The van der Waals surface area contributed by atoms with Crippen molar-refractivity contribution in [2.75, 3.05) is 39.6 Å². The molecule has 0 aliphatic rings. The molecule has 0 radical (unpaired) electrons. The molecule has 0 bridgehead atoms. The van der Waals surface area contributed by atoms with Crippen LogP contribution in [-0.2, 0) is 65.4 Å². The summed E-state index contributed by atoms with van der Waals surface area (Å²) in [6, 6.07) is 0. The maximum Gasteiger partial charge on any atom is 0.472 e. The Morgan fingerprint density at radius 2 is 0.612 bits per heavy atom. The van der Waals surface area contributed by atoms with Crippen molar-refractivity contribution in [1.29, 1.82) is 0 Å². The molecule has 0 aliphatic heterocycles. The molecule has 0 saturated carbocycles. The Balaban J connectivity index is 5.46. The van der Waals surface area contributed by atoms with Crippen molar-refractivity contribution in [3.8, 4) is 0 Å². The summed E-state index contributed by atoms with van der Waals surface area (Å²) >= 11 is 0. The maximum absolute atomic E-state index is 13.0. The number of phosphoric ester groups is 2. The van der Waals surface area contributed by atoms with E-state index in [1.807, 2.05) is 36.5 Å². The summed E-state index contributed by atoms with van der Waals surface area (Å²) in [5.74, 6) is -2.45. The number of hydrogen-bond donors (Lipinski definition) is 3. The Labute approximate surface area is 591 Å². The Hall–Kier alpha value is -5.32. The van der Waals surface area contributed by atoms with Crippen LogP contribution in [-0.4, -0.2) is 96.7 Å². The van der Waals surface area contributed by atoms with Gasteiger partial charge in [-0.1, -0.05) is 276 Å². The van der Waals surface area contributed by atoms with E-state index in [2.05, 4.69) is 143 Å². The lowest BCUT2D eigenvalue weighted by atomic mass is 10.1. The highest BCUT2D eigenvalue weighted by Gasteiger charge is 2.30. The number of phosphoric acid groups is 2. The van der Waals surface area contributed by atoms with Gasteiger partial charge in [0.05, 0.1) is 32.8 Å². The van der Waals surface area contributed by atoms with E-state index in [0.717, 1.165) is 135 Å². The molecular weight excluding hydrogens is 1280 g/mol. The minimum atomic E-state index is -5.00. The quantitative estimate of drug-likeness (QED) is 0.0169. The zero-order chi connectivity index (χ0) is 71.8. The molecule has 5 atom stereocenters. The lowest BCUT2D eigenvalue weighted by Crippen LogP contribution is -2.30. The van der Waals surface area contributed by atoms with Crippen LogP contribution in [0.1, 0.15) is 259 Å². The Bertz CT molecular complexity index is 2480. The summed E-state index contributed by atoms with van der Waals surface area (Å²) in [5, 5.41) is 10.6. The van der Waals surface area contributed by atoms with Crippen molar-refractivity contribution in [3.63, 3.8) is 0 Å². The zero-order valence-corrected chi connectivity index (χ0v) is 62.2. The monoisotopic (exact) mass is 1410 g/mol. The Morgan fingerprint density at radius 3 is 0.990 bits per heavy atom. The summed E-state index contributed by atoms with van der Waals surface area (Å²) in [7, 11) is -10.00. The molecule has 0 fully saturated rings. The van der Waals surface area contributed by atoms with Gasteiger partial charge in [-0.25, -0.2) is 9.13 Å². The zero-order valence-electron chi connectivity index (χ0n) is 60.4. The van der Waals surface area contributed by atoms with Crippen LogP contribution < -0.4 is 0 Å². The molecule has 5 unspecified atom stereocenters. The van der Waals surface area contributed by atoms with Gasteiger partial charge in [-0.15, -0.1) is 0 Å². The van der Waals surface area contributed by atoms with E-state index in [1.165, 1.54) is 38.5 Å². The second-order valence-corrected chi connectivity index (χ2v) is 26.7. The standard InChI is InChI=1S/C79H128O17P2/c1-5-9-13-17-21-25-29-32-34-35-36-37-39-42-45-48-52-56-60-64-77(82)90-70-75(96-79(84)66-62-58-54-50-46-40-31-27-23-19-15-11-7-3)72-94-98(87,88)92-68-73(80)67-91-97(85,86)93-71-74(95-78(83)65-61-57-53-49-43-28-24-20-16-12-8-4)69-89-76(81)63-59-55-51-47-44-41-38-33-30-26-22-18-14-10-6-2/h9-10,13-15,19,21-22,25-27,31-34,36-38,42,44-45,47,52,55-56,59,73-75,80H,5-8,11-12,16-18,20,23-24,28-30,35,39-41,43,46,48-51,53-54,57-58,60-72H2,1-4H3,(H,85,86)(H,87,88)/b13-9-,14-10-,19-15-,25-21-,26-22-,31-27-,34-32-,37-36-,38-33-,45-42-,47-44-,56-52-,59-55-. The molecule has 0 spiro atoms. The van der Waals surface area contributed by atoms with E-state index in [1.54, 1.807) is 6.08 Å². The fourth-order valence-corrected chi connectivity index (χ4v) is 10.6. The molecule has 3 N–H and O–H groups in total. The molecule has 0 heterocycles. The van der Waals surface area contributed by atoms with Gasteiger partial charge < -0.3 is 33.8 Å². The number of hydrogen-bond acceptors (Lipinski definition) is 15. The van der Waals surface area contributed by atoms with Gasteiger partial charge in [0.2, 0.25) is 0 Å². The predicted molar refractivity (Wildman–Crippen MR) is 399 cm³/mol. The fraction of sp³-hybridized carbons (Fsp3) is 0.620. The first-order chi connectivity index (χ1) is 47.7. The number of unbranched alkanes of at least 4 members (excludes halogenated alkanes) is 16. The normalized spacial score (nSPS) is 14.9. The molecule has 0 rings (SSSR count). The van der Waals surface area contributed by atoms with Crippen LogP contribution in [0.5, 0.6) is 0 Å². The third-order valence-corrected chi connectivity index (χ3v) is 16.4. The molecular formula is C79H128O17P2. The smallest absolute Gasteiger partial charge is 0.462 e. The third kappa shape index (κ3) is 69.2. The van der Waals surface area contributed by atoms with Crippen LogP contribution in [0.4, 0.5) is 0 Å². The van der Waals surface area contributed by atoms with Crippen LogP contribution in [0.3, 0.4) is 0 Å². The summed E-state index contributed by atoms with van der Waals surface area (Å²) in [6.07, 6.45) is 80.1. The van der Waals surface area contributed by atoms with Crippen molar-refractivity contribution >= 4 is 39.5 Å². The number of allylic oxidation sites excluding steroid dienone is 25. The second kappa shape index (κ2) is 70.1. The van der Waals surface area contributed by atoms with Crippen LogP contribution in [0.2, 0.25) is 0 Å². The van der Waals surface area contributed by atoms with Crippen LogP contribution >= 0.6 is 15.6 Å². The Morgan fingerprint density at radius 1 is 0.306 bits per heavy atom. The van der Waals surface area contributed by atoms with E-state index in [9.17, 15) is 43.2 Å². The van der Waals surface area contributed by atoms with Crippen molar-refractivity contribution < 1.29 is 80.2 Å². The van der Waals surface area contributed by atoms with Gasteiger partial charge in [-0.2, -0.15) is 0 Å². The lowest BCUT2D eigenvalue weighted by Gasteiger charge is -2.21. The first-order valence-corrected chi connectivity index (χ1v) is 39.7. The molecule has 98 heavy (non-hydrogen) atoms. The fourth-order valence-electron chi connectivity index (χ4n) is 9.00. The first kappa shape index (κ1) is 92.7. The van der Waals surface area contributed by atoms with E-state index in [4.69, 9.17) is 37.0 Å². The number of rotatable bonds is 67. The van der Waals surface area contributed by atoms with E-state index >= 15 is 0 Å². The SMILES string of the molecule is CC/C=C\C/C=C\C/C=C\C/C=C\C/C=C\C/C=C\CCC(=O)OCC(COP(=O)(O)OCC(O)COP(=O)(O)OCC(COC(=O)C/C=C\C/C=C\C/C=C\C/C=C\C/C=C\CC)OC(=O)CCCCCCCCCCCCC)OC(=O)CCCCCCC/C=C\C/C=C\CCC. The van der Waals surface area contributed by atoms with Crippen LogP contribution in [0, 0.1) is 0 Å². The van der Waals surface area contributed by atoms with E-state index < -0.39 is 97.5 Å². The van der Waals surface area contributed by atoms with Gasteiger partial charge >= 0.3 is 39.5 Å². The average molecular weight is 1410 g/mol. The molecule has 556 valence electrons. The van der Waals surface area contributed by atoms with Crippen LogP contribution in [0.25, 0.3) is 0 Å². The van der Waals surface area contributed by atoms with Gasteiger partial charge in [-0.05, 0) is 116 Å². The third-order valence-electron chi connectivity index (χ3n) is 14.5. The molecule has 0 aliphatic carbocycles. The summed E-state index contributed by atoms with van der Waals surface area (Å²) < 4.78 is 68.1. The number of aliphatic hydroxyl groups is 1. The molecule has 0 saturated heterocycles. The average Bonchev–Trinajstić information content (AvgIpc) is 0.972. The van der Waals surface area contributed by atoms with Gasteiger partial charge in [0.25, 0.3) is 0 Å². The van der Waals surface area contributed by atoms with Crippen molar-refractivity contribution in [3.05, 3.63) is 158 Å². The van der Waals surface area contributed by atoms with Crippen molar-refractivity contribution in [2.24, 2.45) is 0 Å². The highest BCUT2D eigenvalue weighted by Crippen LogP contribution is 2.45. The minimum absolute atomic E-state index is 0.0266. The number of carbonyl (C=O) groups is 4. The molecule has 0 aromatic rings. The van der Waals surface area contributed by atoms with Gasteiger partial charge in [0, 0.05) is 19.3 Å².